The van der Waals surface area contributed by atoms with Crippen LogP contribution in [0.25, 0.3) is 0 Å². The van der Waals surface area contributed by atoms with Crippen molar-refractivity contribution in [2.75, 3.05) is 0 Å². The van der Waals surface area contributed by atoms with Gasteiger partial charge in [0.05, 0.1) is 6.10 Å². The normalized spacial score (nSPS) is 42.2. The Morgan fingerprint density at radius 1 is 1.06 bits per heavy atom. The van der Waals surface area contributed by atoms with Crippen LogP contribution in [0.15, 0.2) is 30.3 Å². The maximum absolute atomic E-state index is 10.4. The van der Waals surface area contributed by atoms with Crippen molar-refractivity contribution in [1.29, 1.82) is 0 Å². The van der Waals surface area contributed by atoms with Gasteiger partial charge in [-0.05, 0) is 37.7 Å². The largest absolute Gasteiger partial charge is 0.392 e. The highest BCUT2D eigenvalue weighted by molar-refractivity contribution is 5.31. The fraction of sp³-hybridized carbons (Fsp3) is 0.571. The Hall–Kier alpha value is -0.860. The minimum absolute atomic E-state index is 0.0115. The zero-order chi connectivity index (χ0) is 11.2. The van der Waals surface area contributed by atoms with Gasteiger partial charge in [0.1, 0.15) is 0 Å². The summed E-state index contributed by atoms with van der Waals surface area (Å²) in [5, 5.41) is 10.4. The molecule has 16 heavy (non-hydrogen) atoms. The molecule has 0 aromatic heterocycles. The third-order valence-electron chi connectivity index (χ3n) is 4.72. The molecule has 0 amide bonds. The number of hydrogen-bond donors (Lipinski definition) is 2. The van der Waals surface area contributed by atoms with Crippen LogP contribution in [0, 0.1) is 0 Å². The van der Waals surface area contributed by atoms with E-state index in [1.807, 2.05) is 6.07 Å². The summed E-state index contributed by atoms with van der Waals surface area (Å²) in [4.78, 5) is 0. The van der Waals surface area contributed by atoms with E-state index in [1.54, 1.807) is 0 Å². The van der Waals surface area contributed by atoms with Gasteiger partial charge in [-0.1, -0.05) is 30.3 Å². The average molecular weight is 217 g/mol. The summed E-state index contributed by atoms with van der Waals surface area (Å²) < 4.78 is 0. The molecule has 0 heterocycles. The monoisotopic (exact) mass is 217 g/mol. The molecule has 2 heteroatoms. The first-order valence-electron chi connectivity index (χ1n) is 6.17. The van der Waals surface area contributed by atoms with E-state index in [4.69, 9.17) is 5.73 Å². The molecule has 86 valence electrons. The van der Waals surface area contributed by atoms with Gasteiger partial charge in [-0.25, -0.2) is 0 Å². The predicted octanol–water partition coefficient (Wildman–Crippen LogP) is 1.96. The van der Waals surface area contributed by atoms with Crippen LogP contribution in [0.1, 0.15) is 37.7 Å². The van der Waals surface area contributed by atoms with E-state index in [0.29, 0.717) is 0 Å². The third-order valence-corrected chi connectivity index (χ3v) is 4.72. The Morgan fingerprint density at radius 3 is 2.25 bits per heavy atom. The van der Waals surface area contributed by atoms with E-state index < -0.39 is 0 Å². The molecule has 3 fully saturated rings. The maximum atomic E-state index is 10.4. The van der Waals surface area contributed by atoms with Gasteiger partial charge in [-0.15, -0.1) is 0 Å². The minimum Gasteiger partial charge on any atom is -0.392 e. The Bertz CT molecular complexity index is 379. The predicted molar refractivity (Wildman–Crippen MR) is 64.1 cm³/mol. The Kier molecular flexibility index (Phi) is 2.13. The summed E-state index contributed by atoms with van der Waals surface area (Å²) in [7, 11) is 0. The Morgan fingerprint density at radius 2 is 1.69 bits per heavy atom. The Balaban J connectivity index is 2.00. The molecule has 2 nitrogen and oxygen atoms in total. The van der Waals surface area contributed by atoms with Crippen molar-refractivity contribution in [2.45, 2.75) is 49.2 Å². The molecule has 0 spiro atoms. The molecule has 3 N–H and O–H groups in total. The molecular formula is C14H19NO. The van der Waals surface area contributed by atoms with E-state index in [-0.39, 0.29) is 17.1 Å². The highest BCUT2D eigenvalue weighted by Crippen LogP contribution is 2.52. The van der Waals surface area contributed by atoms with Crippen molar-refractivity contribution in [1.82, 2.24) is 0 Å². The lowest BCUT2D eigenvalue weighted by Crippen LogP contribution is -2.60. The lowest BCUT2D eigenvalue weighted by molar-refractivity contribution is -0.0367. The number of aliphatic hydroxyl groups excluding tert-OH is 1. The second-order valence-corrected chi connectivity index (χ2v) is 5.60. The van der Waals surface area contributed by atoms with Gasteiger partial charge in [0, 0.05) is 11.0 Å². The van der Waals surface area contributed by atoms with Crippen LogP contribution < -0.4 is 5.73 Å². The molecular weight excluding hydrogens is 198 g/mol. The standard InChI is InChI=1S/C14H19NO/c15-13-6-8-14(9-7-13,12(16)10-13)11-4-2-1-3-5-11/h1-5,12,16H,6-10,15H2/t12-,13?,14?/m1/s1. The van der Waals surface area contributed by atoms with Crippen LogP contribution in [-0.2, 0) is 5.41 Å². The number of aliphatic hydroxyl groups is 1. The molecule has 0 unspecified atom stereocenters. The van der Waals surface area contributed by atoms with Crippen LogP contribution in [0.3, 0.4) is 0 Å². The molecule has 1 atom stereocenters. The van der Waals surface area contributed by atoms with Crippen molar-refractivity contribution >= 4 is 0 Å². The SMILES string of the molecule is NC12CCC(c3ccccc3)(CC1)[C@H](O)C2. The first-order chi connectivity index (χ1) is 7.65. The van der Waals surface area contributed by atoms with Gasteiger partial charge in [-0.3, -0.25) is 0 Å². The van der Waals surface area contributed by atoms with Crippen LogP contribution in [-0.4, -0.2) is 16.7 Å². The fourth-order valence-corrected chi connectivity index (χ4v) is 3.56. The molecule has 1 aromatic rings. The summed E-state index contributed by atoms with van der Waals surface area (Å²) in [6, 6.07) is 10.5. The number of nitrogens with two attached hydrogens (primary N) is 1. The van der Waals surface area contributed by atoms with E-state index in [9.17, 15) is 5.11 Å². The smallest absolute Gasteiger partial charge is 0.0654 e. The van der Waals surface area contributed by atoms with Gasteiger partial charge in [0.2, 0.25) is 0 Å². The van der Waals surface area contributed by atoms with Crippen molar-refractivity contribution in [2.24, 2.45) is 5.73 Å². The molecule has 1 aromatic carbocycles. The minimum atomic E-state index is -0.262. The second-order valence-electron chi connectivity index (χ2n) is 5.60. The summed E-state index contributed by atoms with van der Waals surface area (Å²) in [6.07, 6.45) is 4.69. The highest BCUT2D eigenvalue weighted by Gasteiger charge is 2.53. The highest BCUT2D eigenvalue weighted by atomic mass is 16.3. The number of rotatable bonds is 1. The molecule has 2 bridgehead atoms. The van der Waals surface area contributed by atoms with Crippen LogP contribution in [0.2, 0.25) is 0 Å². The summed E-state index contributed by atoms with van der Waals surface area (Å²) >= 11 is 0. The van der Waals surface area contributed by atoms with Crippen LogP contribution in [0.5, 0.6) is 0 Å². The second kappa shape index (κ2) is 3.31. The zero-order valence-corrected chi connectivity index (χ0v) is 9.52. The molecule has 0 aliphatic heterocycles. The van der Waals surface area contributed by atoms with E-state index in [1.165, 1.54) is 5.56 Å². The van der Waals surface area contributed by atoms with Crippen molar-refractivity contribution < 1.29 is 5.11 Å². The van der Waals surface area contributed by atoms with Crippen LogP contribution in [0.4, 0.5) is 0 Å². The maximum Gasteiger partial charge on any atom is 0.0654 e. The van der Waals surface area contributed by atoms with Gasteiger partial charge < -0.3 is 10.8 Å². The first-order valence-corrected chi connectivity index (χ1v) is 6.17. The summed E-state index contributed by atoms with van der Waals surface area (Å²) in [5.74, 6) is 0. The molecule has 3 aliphatic carbocycles. The van der Waals surface area contributed by atoms with Gasteiger partial charge >= 0.3 is 0 Å². The topological polar surface area (TPSA) is 46.2 Å². The van der Waals surface area contributed by atoms with Gasteiger partial charge in [0.15, 0.2) is 0 Å². The van der Waals surface area contributed by atoms with E-state index in [0.717, 1.165) is 32.1 Å². The quantitative estimate of drug-likeness (QED) is 0.755. The molecule has 3 saturated carbocycles. The zero-order valence-electron chi connectivity index (χ0n) is 9.52. The van der Waals surface area contributed by atoms with Crippen molar-refractivity contribution in [3.05, 3.63) is 35.9 Å². The Labute approximate surface area is 96.5 Å². The summed E-state index contributed by atoms with van der Waals surface area (Å²) in [6.45, 7) is 0. The number of hydrogen-bond acceptors (Lipinski definition) is 2. The molecule has 0 saturated heterocycles. The first kappa shape index (κ1) is 10.3. The van der Waals surface area contributed by atoms with Crippen molar-refractivity contribution in [3.8, 4) is 0 Å². The van der Waals surface area contributed by atoms with E-state index in [2.05, 4.69) is 24.3 Å². The van der Waals surface area contributed by atoms with Crippen molar-refractivity contribution in [3.63, 3.8) is 0 Å². The molecule has 0 radical (unpaired) electrons. The van der Waals surface area contributed by atoms with Gasteiger partial charge in [-0.2, -0.15) is 0 Å². The molecule has 4 rings (SSSR count). The molecule has 3 aliphatic rings. The van der Waals surface area contributed by atoms with E-state index >= 15 is 0 Å². The van der Waals surface area contributed by atoms with Crippen LogP contribution >= 0.6 is 0 Å². The average Bonchev–Trinajstić information content (AvgIpc) is 2.30. The number of benzene rings is 1. The van der Waals surface area contributed by atoms with Gasteiger partial charge in [0.25, 0.3) is 0 Å². The summed E-state index contributed by atoms with van der Waals surface area (Å²) in [5.41, 5.74) is 7.46. The fourth-order valence-electron chi connectivity index (χ4n) is 3.56. The third kappa shape index (κ3) is 1.33. The lowest BCUT2D eigenvalue weighted by atomic mass is 9.54. The number of fused-ring (bicyclic) bond motifs is 3. The lowest BCUT2D eigenvalue weighted by Gasteiger charge is -2.55.